The highest BCUT2D eigenvalue weighted by atomic mass is 127. The number of nitrogens with two attached hydrogens (primary N) is 1. The molecule has 4 nitrogen and oxygen atoms in total. The van der Waals surface area contributed by atoms with Crippen LogP contribution in [-0.2, 0) is 0 Å². The Hall–Kier alpha value is -1.96. The molecule has 0 spiro atoms. The molecule has 0 saturated carbocycles. The number of rotatable bonds is 2. The minimum Gasteiger partial charge on any atom is -0.398 e. The molecule has 6 heteroatoms. The van der Waals surface area contributed by atoms with E-state index in [0.717, 1.165) is 3.57 Å². The number of nitrogens with zero attached hydrogens (tertiary/aromatic N) is 2. The fourth-order valence-corrected chi connectivity index (χ4v) is 2.39. The third kappa shape index (κ3) is 2.76. The fraction of sp³-hybridized carbons (Fsp3) is 0.0667. The molecule has 0 saturated heterocycles. The molecule has 0 aliphatic heterocycles. The minimum atomic E-state index is -0.298. The SMILES string of the molecule is Cc1ccc(-c2noc(-c3cc(I)ccc3N)n2)cc1F. The maximum atomic E-state index is 13.6. The predicted molar refractivity (Wildman–Crippen MR) is 87.0 cm³/mol. The average molecular weight is 395 g/mol. The molecule has 0 fully saturated rings. The molecular formula is C15H11FIN3O. The van der Waals surface area contributed by atoms with Gasteiger partial charge < -0.3 is 10.3 Å². The van der Waals surface area contributed by atoms with Crippen molar-refractivity contribution in [2.24, 2.45) is 0 Å². The van der Waals surface area contributed by atoms with Crippen LogP contribution in [0.3, 0.4) is 0 Å². The van der Waals surface area contributed by atoms with Gasteiger partial charge in [0.1, 0.15) is 5.82 Å². The second-order valence-corrected chi connectivity index (χ2v) is 5.86. The third-order valence-electron chi connectivity index (χ3n) is 3.10. The Bertz CT molecular complexity index is 816. The Morgan fingerprint density at radius 2 is 2.00 bits per heavy atom. The summed E-state index contributed by atoms with van der Waals surface area (Å²) in [7, 11) is 0. The lowest BCUT2D eigenvalue weighted by atomic mass is 10.1. The van der Waals surface area contributed by atoms with Gasteiger partial charge in [-0.25, -0.2) is 4.39 Å². The van der Waals surface area contributed by atoms with Crippen LogP contribution >= 0.6 is 22.6 Å². The van der Waals surface area contributed by atoms with Crippen LogP contribution in [0.15, 0.2) is 40.9 Å². The monoisotopic (exact) mass is 395 g/mol. The molecule has 0 bridgehead atoms. The first-order valence-electron chi connectivity index (χ1n) is 6.20. The largest absolute Gasteiger partial charge is 0.398 e. The second kappa shape index (κ2) is 5.44. The number of nitrogen functional groups attached to an aromatic ring is 1. The summed E-state index contributed by atoms with van der Waals surface area (Å²) in [5.41, 5.74) is 8.29. The van der Waals surface area contributed by atoms with Gasteiger partial charge in [-0.3, -0.25) is 0 Å². The minimum absolute atomic E-state index is 0.298. The van der Waals surface area contributed by atoms with Crippen LogP contribution in [0.4, 0.5) is 10.1 Å². The van der Waals surface area contributed by atoms with E-state index in [1.165, 1.54) is 6.07 Å². The topological polar surface area (TPSA) is 64.9 Å². The van der Waals surface area contributed by atoms with Crippen molar-refractivity contribution < 1.29 is 8.91 Å². The Kier molecular flexibility index (Phi) is 3.62. The number of aromatic nitrogens is 2. The van der Waals surface area contributed by atoms with E-state index in [0.29, 0.717) is 34.1 Å². The molecule has 0 unspecified atom stereocenters. The van der Waals surface area contributed by atoms with Crippen molar-refractivity contribution in [3.63, 3.8) is 0 Å². The normalized spacial score (nSPS) is 10.8. The van der Waals surface area contributed by atoms with E-state index < -0.39 is 0 Å². The molecule has 2 aromatic carbocycles. The molecule has 0 radical (unpaired) electrons. The van der Waals surface area contributed by atoms with Crippen LogP contribution in [0.25, 0.3) is 22.8 Å². The lowest BCUT2D eigenvalue weighted by Crippen LogP contribution is -1.91. The molecule has 21 heavy (non-hydrogen) atoms. The summed E-state index contributed by atoms with van der Waals surface area (Å²) in [6.45, 7) is 1.70. The van der Waals surface area contributed by atoms with E-state index in [1.54, 1.807) is 25.1 Å². The van der Waals surface area contributed by atoms with Crippen molar-refractivity contribution >= 4 is 28.3 Å². The van der Waals surface area contributed by atoms with Gasteiger partial charge in [0.05, 0.1) is 5.56 Å². The van der Waals surface area contributed by atoms with Gasteiger partial charge in [-0.15, -0.1) is 0 Å². The predicted octanol–water partition coefficient (Wildman–Crippen LogP) is 4.04. The molecule has 0 atom stereocenters. The zero-order valence-electron chi connectivity index (χ0n) is 11.1. The molecule has 2 N–H and O–H groups in total. The van der Waals surface area contributed by atoms with Crippen molar-refractivity contribution in [2.75, 3.05) is 5.73 Å². The van der Waals surface area contributed by atoms with Crippen molar-refractivity contribution in [3.05, 3.63) is 51.3 Å². The van der Waals surface area contributed by atoms with Crippen molar-refractivity contribution in [3.8, 4) is 22.8 Å². The summed E-state index contributed by atoms with van der Waals surface area (Å²) >= 11 is 2.18. The molecule has 3 aromatic rings. The fourth-order valence-electron chi connectivity index (χ4n) is 1.90. The van der Waals surface area contributed by atoms with Gasteiger partial charge in [-0.05, 0) is 59.3 Å². The van der Waals surface area contributed by atoms with E-state index in [2.05, 4.69) is 32.7 Å². The maximum absolute atomic E-state index is 13.6. The van der Waals surface area contributed by atoms with Gasteiger partial charge in [0, 0.05) is 14.8 Å². The Morgan fingerprint density at radius 3 is 2.76 bits per heavy atom. The average Bonchev–Trinajstić information content (AvgIpc) is 2.94. The van der Waals surface area contributed by atoms with E-state index in [9.17, 15) is 4.39 Å². The molecule has 106 valence electrons. The summed E-state index contributed by atoms with van der Waals surface area (Å²) in [5.74, 6) is 0.358. The Morgan fingerprint density at radius 1 is 1.19 bits per heavy atom. The highest BCUT2D eigenvalue weighted by Gasteiger charge is 2.14. The van der Waals surface area contributed by atoms with E-state index in [-0.39, 0.29) is 5.82 Å². The van der Waals surface area contributed by atoms with Crippen LogP contribution < -0.4 is 5.73 Å². The third-order valence-corrected chi connectivity index (χ3v) is 3.77. The highest BCUT2D eigenvalue weighted by Crippen LogP contribution is 2.28. The number of hydrogen-bond donors (Lipinski definition) is 1. The quantitative estimate of drug-likeness (QED) is 0.526. The van der Waals surface area contributed by atoms with Gasteiger partial charge >= 0.3 is 0 Å². The Labute approximate surface area is 134 Å². The van der Waals surface area contributed by atoms with Crippen molar-refractivity contribution in [2.45, 2.75) is 6.92 Å². The maximum Gasteiger partial charge on any atom is 0.260 e. The molecule has 0 aliphatic carbocycles. The number of anilines is 1. The first-order chi connectivity index (χ1) is 10.0. The molecule has 0 aliphatic rings. The van der Waals surface area contributed by atoms with Gasteiger partial charge in [-0.1, -0.05) is 17.3 Å². The Balaban J connectivity index is 2.03. The van der Waals surface area contributed by atoms with Crippen molar-refractivity contribution in [1.82, 2.24) is 10.1 Å². The van der Waals surface area contributed by atoms with Crippen LogP contribution in [0.2, 0.25) is 0 Å². The lowest BCUT2D eigenvalue weighted by Gasteiger charge is -2.00. The number of halogens is 2. The summed E-state index contributed by atoms with van der Waals surface area (Å²) in [6.07, 6.45) is 0. The first kappa shape index (κ1) is 14.0. The summed E-state index contributed by atoms with van der Waals surface area (Å²) in [6, 6.07) is 10.4. The first-order valence-corrected chi connectivity index (χ1v) is 7.28. The molecule has 3 rings (SSSR count). The van der Waals surface area contributed by atoms with Crippen molar-refractivity contribution in [1.29, 1.82) is 0 Å². The van der Waals surface area contributed by atoms with E-state index in [1.807, 2.05) is 12.1 Å². The standard InChI is InChI=1S/C15H11FIN3O/c1-8-2-3-9(6-12(8)16)14-19-15(21-20-14)11-7-10(17)4-5-13(11)18/h2-7H,18H2,1H3. The summed E-state index contributed by atoms with van der Waals surface area (Å²) in [4.78, 5) is 4.30. The molecule has 1 aromatic heterocycles. The van der Waals surface area contributed by atoms with Crippen LogP contribution in [-0.4, -0.2) is 10.1 Å². The molecular weight excluding hydrogens is 384 g/mol. The number of aryl methyl sites for hydroxylation is 1. The second-order valence-electron chi connectivity index (χ2n) is 4.62. The molecule has 1 heterocycles. The van der Waals surface area contributed by atoms with Crippen LogP contribution in [0.5, 0.6) is 0 Å². The highest BCUT2D eigenvalue weighted by molar-refractivity contribution is 14.1. The smallest absolute Gasteiger partial charge is 0.260 e. The zero-order valence-corrected chi connectivity index (χ0v) is 13.3. The van der Waals surface area contributed by atoms with Gasteiger partial charge in [0.25, 0.3) is 5.89 Å². The zero-order chi connectivity index (χ0) is 15.0. The van der Waals surface area contributed by atoms with E-state index >= 15 is 0 Å². The van der Waals surface area contributed by atoms with Gasteiger partial charge in [-0.2, -0.15) is 4.98 Å². The van der Waals surface area contributed by atoms with Crippen LogP contribution in [0, 0.1) is 16.3 Å². The molecule has 0 amide bonds. The number of benzene rings is 2. The summed E-state index contributed by atoms with van der Waals surface area (Å²) in [5, 5.41) is 3.89. The summed E-state index contributed by atoms with van der Waals surface area (Å²) < 4.78 is 19.9. The van der Waals surface area contributed by atoms with Crippen LogP contribution in [0.1, 0.15) is 5.56 Å². The van der Waals surface area contributed by atoms with Gasteiger partial charge in [0.2, 0.25) is 5.82 Å². The van der Waals surface area contributed by atoms with E-state index in [4.69, 9.17) is 10.3 Å². The number of hydrogen-bond acceptors (Lipinski definition) is 4. The lowest BCUT2D eigenvalue weighted by molar-refractivity contribution is 0.432. The van der Waals surface area contributed by atoms with Gasteiger partial charge in [0.15, 0.2) is 0 Å².